The van der Waals surface area contributed by atoms with E-state index in [4.69, 9.17) is 4.74 Å². The van der Waals surface area contributed by atoms with E-state index in [0.717, 1.165) is 12.2 Å². The summed E-state index contributed by atoms with van der Waals surface area (Å²) in [6, 6.07) is 16.0. The summed E-state index contributed by atoms with van der Waals surface area (Å²) in [6.45, 7) is 14.6. The van der Waals surface area contributed by atoms with Crippen LogP contribution in [0.5, 0.6) is 11.5 Å². The van der Waals surface area contributed by atoms with E-state index in [1.54, 1.807) is 16.7 Å². The van der Waals surface area contributed by atoms with E-state index in [9.17, 15) is 0 Å². The topological polar surface area (TPSA) is 9.23 Å². The van der Waals surface area contributed by atoms with Crippen molar-refractivity contribution >= 4 is 0 Å². The standard InChI is InChI=1S/C36H44O/c1-23-26(4)36(21-33(23,5)6)29-13-7-8-15-31(29)37-32-28(12-11-14-30(32)36)27-16-19-35(20-27)22-34(17-9-10-18-34)24(2)25(35)3/h7-8,11-15,27H,9-10,16-22H2,1-6H3. The first-order valence-corrected chi connectivity index (χ1v) is 14.9. The highest BCUT2D eigenvalue weighted by molar-refractivity contribution is 5.67. The second-order valence-electron chi connectivity index (χ2n) is 14.2. The Balaban J connectivity index is 1.33. The molecule has 0 aromatic heterocycles. The van der Waals surface area contributed by atoms with Crippen LogP contribution in [-0.4, -0.2) is 0 Å². The minimum absolute atomic E-state index is 0.0856. The van der Waals surface area contributed by atoms with Gasteiger partial charge in [-0.2, -0.15) is 0 Å². The Bertz CT molecular complexity index is 1360. The molecule has 0 amide bonds. The van der Waals surface area contributed by atoms with Crippen LogP contribution >= 0.6 is 0 Å². The Labute approximate surface area is 224 Å². The summed E-state index contributed by atoms with van der Waals surface area (Å²) in [6.07, 6.45) is 12.2. The molecule has 0 bridgehead atoms. The molecule has 3 spiro atoms. The van der Waals surface area contributed by atoms with Gasteiger partial charge in [-0.25, -0.2) is 0 Å². The molecule has 2 fully saturated rings. The maximum atomic E-state index is 6.92. The summed E-state index contributed by atoms with van der Waals surface area (Å²) in [4.78, 5) is 0. The average molecular weight is 493 g/mol. The number of allylic oxidation sites excluding steroid dienone is 4. The van der Waals surface area contributed by atoms with E-state index in [2.05, 4.69) is 84.0 Å². The lowest BCUT2D eigenvalue weighted by Gasteiger charge is -2.41. The number of para-hydroxylation sites is 2. The Hall–Kier alpha value is -2.28. The minimum Gasteiger partial charge on any atom is -0.456 e. The molecule has 37 heavy (non-hydrogen) atoms. The van der Waals surface area contributed by atoms with Gasteiger partial charge in [-0.05, 0) is 106 Å². The van der Waals surface area contributed by atoms with Crippen LogP contribution in [0.15, 0.2) is 64.8 Å². The molecule has 2 saturated carbocycles. The Morgan fingerprint density at radius 3 is 2.14 bits per heavy atom. The summed E-state index contributed by atoms with van der Waals surface area (Å²) >= 11 is 0. The van der Waals surface area contributed by atoms with E-state index in [1.165, 1.54) is 79.4 Å². The first kappa shape index (κ1) is 23.8. The van der Waals surface area contributed by atoms with Gasteiger partial charge in [0.2, 0.25) is 0 Å². The number of hydrogen-bond acceptors (Lipinski definition) is 1. The molecule has 5 aliphatic rings. The van der Waals surface area contributed by atoms with Crippen LogP contribution in [0.4, 0.5) is 0 Å². The molecule has 2 aromatic carbocycles. The van der Waals surface area contributed by atoms with Crippen molar-refractivity contribution in [2.45, 2.75) is 111 Å². The zero-order valence-corrected chi connectivity index (χ0v) is 23.9. The highest BCUT2D eigenvalue weighted by atomic mass is 16.5. The summed E-state index contributed by atoms with van der Waals surface area (Å²) in [5.41, 5.74) is 11.8. The molecular weight excluding hydrogens is 448 g/mol. The lowest BCUT2D eigenvalue weighted by atomic mass is 9.65. The fraction of sp³-hybridized carbons (Fsp3) is 0.556. The predicted molar refractivity (Wildman–Crippen MR) is 153 cm³/mol. The minimum atomic E-state index is -0.0856. The van der Waals surface area contributed by atoms with E-state index in [1.807, 2.05) is 0 Å². The van der Waals surface area contributed by atoms with Crippen molar-refractivity contribution in [2.75, 3.05) is 0 Å². The van der Waals surface area contributed by atoms with Gasteiger partial charge >= 0.3 is 0 Å². The monoisotopic (exact) mass is 492 g/mol. The van der Waals surface area contributed by atoms with Gasteiger partial charge in [0.25, 0.3) is 0 Å². The Kier molecular flexibility index (Phi) is 4.92. The normalized spacial score (nSPS) is 33.1. The van der Waals surface area contributed by atoms with Crippen molar-refractivity contribution < 1.29 is 4.74 Å². The van der Waals surface area contributed by atoms with Crippen LogP contribution in [0, 0.1) is 16.2 Å². The quantitative estimate of drug-likeness (QED) is 0.360. The van der Waals surface area contributed by atoms with E-state index in [0.29, 0.717) is 16.7 Å². The summed E-state index contributed by atoms with van der Waals surface area (Å²) in [5.74, 6) is 2.83. The van der Waals surface area contributed by atoms with Crippen molar-refractivity contribution in [1.29, 1.82) is 0 Å². The highest BCUT2D eigenvalue weighted by Gasteiger charge is 2.56. The van der Waals surface area contributed by atoms with Gasteiger partial charge < -0.3 is 4.74 Å². The third kappa shape index (κ3) is 2.98. The van der Waals surface area contributed by atoms with Crippen LogP contribution in [0.2, 0.25) is 0 Å². The van der Waals surface area contributed by atoms with Gasteiger partial charge in [0.15, 0.2) is 0 Å². The lowest BCUT2D eigenvalue weighted by molar-refractivity contribution is 0.241. The predicted octanol–water partition coefficient (Wildman–Crippen LogP) is 10.4. The lowest BCUT2D eigenvalue weighted by Crippen LogP contribution is -2.32. The van der Waals surface area contributed by atoms with Gasteiger partial charge in [-0.15, -0.1) is 0 Å². The van der Waals surface area contributed by atoms with Crippen LogP contribution in [0.25, 0.3) is 0 Å². The second kappa shape index (κ2) is 7.64. The molecule has 1 aliphatic heterocycles. The fourth-order valence-electron chi connectivity index (χ4n) is 10.0. The van der Waals surface area contributed by atoms with Crippen molar-refractivity contribution in [1.82, 2.24) is 0 Å². The third-order valence-electron chi connectivity index (χ3n) is 12.4. The van der Waals surface area contributed by atoms with Crippen molar-refractivity contribution in [2.24, 2.45) is 16.2 Å². The Morgan fingerprint density at radius 1 is 0.703 bits per heavy atom. The first-order chi connectivity index (χ1) is 17.6. The molecule has 0 radical (unpaired) electrons. The molecule has 3 unspecified atom stereocenters. The molecule has 7 rings (SSSR count). The number of rotatable bonds is 1. The average Bonchev–Trinajstić information content (AvgIpc) is 3.62. The summed E-state index contributed by atoms with van der Waals surface area (Å²) in [5, 5.41) is 0. The zero-order valence-electron chi connectivity index (χ0n) is 23.9. The van der Waals surface area contributed by atoms with Crippen LogP contribution in [0.3, 0.4) is 0 Å². The van der Waals surface area contributed by atoms with Gasteiger partial charge in [0.05, 0.1) is 0 Å². The molecule has 4 aliphatic carbocycles. The number of hydrogen-bond donors (Lipinski definition) is 0. The molecule has 0 saturated heterocycles. The molecule has 1 heterocycles. The number of ether oxygens (including phenoxy) is 1. The largest absolute Gasteiger partial charge is 0.456 e. The van der Waals surface area contributed by atoms with Gasteiger partial charge in [-0.3, -0.25) is 0 Å². The van der Waals surface area contributed by atoms with Gasteiger partial charge in [-0.1, -0.05) is 85.4 Å². The SMILES string of the molecule is CC1=C(C)C2(CC1(C)C)c1ccccc1Oc1c(C3CCC4(C3)CC3(CCCC3)C(C)=C4C)cccc12. The van der Waals surface area contributed by atoms with Crippen LogP contribution < -0.4 is 4.74 Å². The first-order valence-electron chi connectivity index (χ1n) is 14.9. The van der Waals surface area contributed by atoms with Crippen molar-refractivity contribution in [3.63, 3.8) is 0 Å². The molecule has 1 nitrogen and oxygen atoms in total. The second-order valence-corrected chi connectivity index (χ2v) is 14.2. The van der Waals surface area contributed by atoms with Gasteiger partial charge in [0, 0.05) is 16.5 Å². The Morgan fingerprint density at radius 2 is 1.41 bits per heavy atom. The highest BCUT2D eigenvalue weighted by Crippen LogP contribution is 2.68. The fourth-order valence-corrected chi connectivity index (χ4v) is 10.0. The molecular formula is C36H44O. The molecule has 2 aromatic rings. The van der Waals surface area contributed by atoms with Crippen molar-refractivity contribution in [3.8, 4) is 11.5 Å². The third-order valence-corrected chi connectivity index (χ3v) is 12.4. The van der Waals surface area contributed by atoms with Gasteiger partial charge in [0.1, 0.15) is 11.5 Å². The number of benzene rings is 2. The maximum Gasteiger partial charge on any atom is 0.135 e. The zero-order chi connectivity index (χ0) is 25.8. The molecule has 1 heteroatoms. The summed E-state index contributed by atoms with van der Waals surface area (Å²) in [7, 11) is 0. The van der Waals surface area contributed by atoms with Crippen LogP contribution in [-0.2, 0) is 5.41 Å². The molecule has 194 valence electrons. The summed E-state index contributed by atoms with van der Waals surface area (Å²) < 4.78 is 6.92. The number of fused-ring (bicyclic) bond motifs is 4. The van der Waals surface area contributed by atoms with E-state index < -0.39 is 0 Å². The van der Waals surface area contributed by atoms with Crippen molar-refractivity contribution in [3.05, 3.63) is 81.4 Å². The maximum absolute atomic E-state index is 6.92. The van der Waals surface area contributed by atoms with E-state index in [-0.39, 0.29) is 10.8 Å². The molecule has 3 atom stereocenters. The smallest absolute Gasteiger partial charge is 0.135 e. The molecule has 0 N–H and O–H groups in total. The van der Waals surface area contributed by atoms with E-state index >= 15 is 0 Å². The van der Waals surface area contributed by atoms with Crippen LogP contribution in [0.1, 0.15) is 122 Å².